The molecule has 0 bridgehead atoms. The van der Waals surface area contributed by atoms with Gasteiger partial charge in [-0.25, -0.2) is 10.0 Å². The zero-order valence-corrected chi connectivity index (χ0v) is 7.71. The lowest BCUT2D eigenvalue weighted by molar-refractivity contribution is -0.0224. The van der Waals surface area contributed by atoms with Gasteiger partial charge in [-0.2, -0.15) is 0 Å². The molecule has 3 nitrogen and oxygen atoms in total. The van der Waals surface area contributed by atoms with Crippen LogP contribution in [-0.2, 0) is 0 Å². The zero-order chi connectivity index (χ0) is 8.39. The summed E-state index contributed by atoms with van der Waals surface area (Å²) in [5, 5.41) is 5.00. The zero-order valence-electron chi connectivity index (χ0n) is 7.71. The van der Waals surface area contributed by atoms with Crippen molar-refractivity contribution in [2.24, 2.45) is 5.73 Å². The van der Waals surface area contributed by atoms with Crippen LogP contribution in [0.1, 0.15) is 25.7 Å². The van der Waals surface area contributed by atoms with Crippen LogP contribution in [-0.4, -0.2) is 42.2 Å². The van der Waals surface area contributed by atoms with E-state index < -0.39 is 0 Å². The monoisotopic (exact) mass is 169 g/mol. The van der Waals surface area contributed by atoms with Crippen LogP contribution < -0.4 is 5.73 Å². The third-order valence-electron chi connectivity index (χ3n) is 3.00. The Hall–Kier alpha value is -0.120. The van der Waals surface area contributed by atoms with Gasteiger partial charge >= 0.3 is 0 Å². The molecule has 3 heteroatoms. The van der Waals surface area contributed by atoms with Crippen LogP contribution in [0.4, 0.5) is 0 Å². The highest BCUT2D eigenvalue weighted by atomic mass is 15.6. The van der Waals surface area contributed by atoms with E-state index in [1.807, 2.05) is 0 Å². The van der Waals surface area contributed by atoms with Gasteiger partial charge in [0.2, 0.25) is 0 Å². The lowest BCUT2D eigenvalue weighted by atomic mass is 10.1. The number of hydrogen-bond donors (Lipinski definition) is 1. The molecule has 0 aromatic rings. The molecule has 2 fully saturated rings. The quantitative estimate of drug-likeness (QED) is 0.617. The van der Waals surface area contributed by atoms with Gasteiger partial charge in [0.05, 0.1) is 0 Å². The second-order valence-corrected chi connectivity index (χ2v) is 3.95. The summed E-state index contributed by atoms with van der Waals surface area (Å²) in [6.45, 7) is 4.91. The van der Waals surface area contributed by atoms with Gasteiger partial charge in [0.25, 0.3) is 0 Å². The van der Waals surface area contributed by atoms with Crippen LogP contribution in [0.25, 0.3) is 0 Å². The predicted molar refractivity (Wildman–Crippen MR) is 49.6 cm³/mol. The number of nitrogens with two attached hydrogens (primary N) is 1. The molecule has 0 atom stereocenters. The summed E-state index contributed by atoms with van der Waals surface area (Å²) in [6, 6.07) is 0.462. The molecule has 0 amide bonds. The molecule has 0 aliphatic carbocycles. The summed E-state index contributed by atoms with van der Waals surface area (Å²) in [4.78, 5) is 0. The largest absolute Gasteiger partial charge is 0.328 e. The molecule has 12 heavy (non-hydrogen) atoms. The van der Waals surface area contributed by atoms with E-state index in [0.717, 1.165) is 0 Å². The van der Waals surface area contributed by atoms with E-state index in [1.54, 1.807) is 0 Å². The van der Waals surface area contributed by atoms with Gasteiger partial charge in [0.15, 0.2) is 0 Å². The van der Waals surface area contributed by atoms with Gasteiger partial charge in [0, 0.05) is 32.2 Å². The first-order valence-corrected chi connectivity index (χ1v) is 5.11. The third kappa shape index (κ3) is 1.79. The molecule has 0 spiro atoms. The maximum Gasteiger partial charge on any atom is 0.0148 e. The van der Waals surface area contributed by atoms with Gasteiger partial charge in [0.1, 0.15) is 0 Å². The summed E-state index contributed by atoms with van der Waals surface area (Å²) in [5.74, 6) is 0. The Bertz CT molecular complexity index is 135. The van der Waals surface area contributed by atoms with Gasteiger partial charge in [-0.3, -0.25) is 0 Å². The number of hydrogen-bond acceptors (Lipinski definition) is 3. The Kier molecular flexibility index (Phi) is 2.63. The Labute approximate surface area is 74.5 Å². The van der Waals surface area contributed by atoms with E-state index in [1.165, 1.54) is 51.9 Å². The van der Waals surface area contributed by atoms with Crippen LogP contribution in [0.5, 0.6) is 0 Å². The minimum Gasteiger partial charge on any atom is -0.328 e. The molecule has 2 aliphatic rings. The fraction of sp³-hybridized carbons (Fsp3) is 1.00. The van der Waals surface area contributed by atoms with Gasteiger partial charge in [-0.05, 0) is 25.7 Å². The molecule has 2 heterocycles. The molecule has 0 saturated carbocycles. The van der Waals surface area contributed by atoms with Crippen molar-refractivity contribution in [3.8, 4) is 0 Å². The van der Waals surface area contributed by atoms with Crippen LogP contribution in [0, 0.1) is 0 Å². The first kappa shape index (κ1) is 8.48. The highest BCUT2D eigenvalue weighted by Crippen LogP contribution is 2.16. The van der Waals surface area contributed by atoms with E-state index >= 15 is 0 Å². The highest BCUT2D eigenvalue weighted by Gasteiger charge is 2.23. The fourth-order valence-corrected chi connectivity index (χ4v) is 2.15. The van der Waals surface area contributed by atoms with Gasteiger partial charge in [-0.1, -0.05) is 0 Å². The topological polar surface area (TPSA) is 32.5 Å². The average molecular weight is 169 g/mol. The van der Waals surface area contributed by atoms with E-state index in [2.05, 4.69) is 10.0 Å². The second kappa shape index (κ2) is 3.73. The van der Waals surface area contributed by atoms with Crippen molar-refractivity contribution < 1.29 is 0 Å². The van der Waals surface area contributed by atoms with Crippen molar-refractivity contribution in [2.45, 2.75) is 31.7 Å². The van der Waals surface area contributed by atoms with Crippen LogP contribution >= 0.6 is 0 Å². The van der Waals surface area contributed by atoms with Crippen LogP contribution in [0.2, 0.25) is 0 Å². The molecular formula is C9H19N3. The molecule has 0 radical (unpaired) electrons. The van der Waals surface area contributed by atoms with Crippen LogP contribution in [0.3, 0.4) is 0 Å². The minimum atomic E-state index is 0.462. The molecule has 2 saturated heterocycles. The van der Waals surface area contributed by atoms with E-state index in [9.17, 15) is 0 Å². The Morgan fingerprint density at radius 2 is 1.33 bits per heavy atom. The lowest BCUT2D eigenvalue weighted by Gasteiger charge is -2.36. The Morgan fingerprint density at radius 3 is 1.92 bits per heavy atom. The van der Waals surface area contributed by atoms with E-state index in [4.69, 9.17) is 5.73 Å². The Balaban J connectivity index is 1.80. The summed E-state index contributed by atoms with van der Waals surface area (Å²) in [5.41, 5.74) is 5.85. The predicted octanol–water partition coefficient (Wildman–Crippen LogP) is 0.420. The van der Waals surface area contributed by atoms with E-state index in [0.29, 0.717) is 6.04 Å². The molecule has 2 aliphatic heterocycles. The third-order valence-corrected chi connectivity index (χ3v) is 3.00. The van der Waals surface area contributed by atoms with Crippen molar-refractivity contribution in [3.05, 3.63) is 0 Å². The van der Waals surface area contributed by atoms with Crippen molar-refractivity contribution in [1.29, 1.82) is 0 Å². The smallest absolute Gasteiger partial charge is 0.0148 e. The summed E-state index contributed by atoms with van der Waals surface area (Å²) in [7, 11) is 0. The van der Waals surface area contributed by atoms with Crippen molar-refractivity contribution in [1.82, 2.24) is 10.0 Å². The SMILES string of the molecule is NC1CCN(N2CCCC2)CC1. The average Bonchev–Trinajstić information content (AvgIpc) is 2.58. The lowest BCUT2D eigenvalue weighted by Crippen LogP contribution is -2.48. The summed E-state index contributed by atoms with van der Waals surface area (Å²) >= 11 is 0. The summed E-state index contributed by atoms with van der Waals surface area (Å²) < 4.78 is 0. The van der Waals surface area contributed by atoms with Crippen LogP contribution in [0.15, 0.2) is 0 Å². The number of rotatable bonds is 1. The number of piperidine rings is 1. The first-order valence-electron chi connectivity index (χ1n) is 5.11. The number of nitrogens with zero attached hydrogens (tertiary/aromatic N) is 2. The molecule has 0 aromatic heterocycles. The van der Waals surface area contributed by atoms with Gasteiger partial charge in [-0.15, -0.1) is 0 Å². The second-order valence-electron chi connectivity index (χ2n) is 3.95. The normalized spacial score (nSPS) is 29.8. The maximum absolute atomic E-state index is 5.85. The first-order chi connectivity index (χ1) is 5.86. The highest BCUT2D eigenvalue weighted by molar-refractivity contribution is 4.75. The van der Waals surface area contributed by atoms with Crippen molar-refractivity contribution in [2.75, 3.05) is 26.2 Å². The van der Waals surface area contributed by atoms with Crippen molar-refractivity contribution >= 4 is 0 Å². The molecule has 70 valence electrons. The molecule has 2 rings (SSSR count). The minimum absolute atomic E-state index is 0.462. The number of hydrazine groups is 1. The maximum atomic E-state index is 5.85. The fourth-order valence-electron chi connectivity index (χ4n) is 2.15. The van der Waals surface area contributed by atoms with Gasteiger partial charge < -0.3 is 5.73 Å². The van der Waals surface area contributed by atoms with Crippen molar-refractivity contribution in [3.63, 3.8) is 0 Å². The molecule has 0 unspecified atom stereocenters. The molecule has 2 N–H and O–H groups in total. The van der Waals surface area contributed by atoms with E-state index in [-0.39, 0.29) is 0 Å². The molecular weight excluding hydrogens is 150 g/mol. The molecule has 0 aromatic carbocycles. The Morgan fingerprint density at radius 1 is 0.833 bits per heavy atom. The standard InChI is InChI=1S/C9H19N3/c10-9-3-7-12(8-4-9)11-5-1-2-6-11/h9H,1-8,10H2. The summed E-state index contributed by atoms with van der Waals surface area (Å²) in [6.07, 6.45) is 5.11.